The number of fused-ring (bicyclic) bond motifs is 1. The van der Waals surface area contributed by atoms with E-state index in [-0.39, 0.29) is 25.9 Å². The highest BCUT2D eigenvalue weighted by atomic mass is 32.2. The molecule has 14 heteroatoms. The Hall–Kier alpha value is -4.07. The van der Waals surface area contributed by atoms with Gasteiger partial charge in [0.15, 0.2) is 5.60 Å². The minimum atomic E-state index is -4.68. The van der Waals surface area contributed by atoms with Crippen LogP contribution in [0.25, 0.3) is 22.2 Å². The van der Waals surface area contributed by atoms with Gasteiger partial charge < -0.3 is 4.74 Å². The minimum absolute atomic E-state index is 0.0419. The van der Waals surface area contributed by atoms with E-state index in [1.807, 2.05) is 13.8 Å². The van der Waals surface area contributed by atoms with Gasteiger partial charge in [0.25, 0.3) is 21.5 Å². The van der Waals surface area contributed by atoms with E-state index in [4.69, 9.17) is 4.74 Å². The van der Waals surface area contributed by atoms with Crippen molar-refractivity contribution in [1.29, 1.82) is 0 Å². The van der Waals surface area contributed by atoms with E-state index >= 15 is 0 Å². The zero-order chi connectivity index (χ0) is 30.5. The van der Waals surface area contributed by atoms with Gasteiger partial charge in [-0.2, -0.15) is 5.10 Å². The maximum Gasteiger partial charge on any atom is 0.358 e. The van der Waals surface area contributed by atoms with Gasteiger partial charge in [-0.15, -0.1) is 9.09 Å². The average molecular weight is 576 g/mol. The third kappa shape index (κ3) is 5.35. The first-order valence-electron chi connectivity index (χ1n) is 12.4. The van der Waals surface area contributed by atoms with E-state index in [9.17, 15) is 32.4 Å². The average Bonchev–Trinajstić information content (AvgIpc) is 3.24. The maximum atomic E-state index is 14.0. The van der Waals surface area contributed by atoms with Gasteiger partial charge in [-0.25, -0.2) is 17.8 Å². The van der Waals surface area contributed by atoms with Crippen molar-refractivity contribution in [1.82, 2.24) is 19.0 Å². The van der Waals surface area contributed by atoms with Crippen molar-refractivity contribution in [3.63, 3.8) is 0 Å². The molecule has 0 aliphatic rings. The summed E-state index contributed by atoms with van der Waals surface area (Å²) < 4.78 is 33.3. The Morgan fingerprint density at radius 3 is 2.12 bits per heavy atom. The molecule has 0 N–H and O–H groups in total. The third-order valence-electron chi connectivity index (χ3n) is 6.22. The van der Waals surface area contributed by atoms with Crippen molar-refractivity contribution in [2.45, 2.75) is 60.0 Å². The number of hydrogen-bond acceptors (Lipinski definition) is 9. The SMILES string of the molecule is CC(=O)OC(C)(C)C(=O)N(n1c(=O)c2cc(-c3ccnn3C)c(C(C)C)cc2n(C(=O)C(C)C)c1=O)S(C)(=O)=O. The molecule has 0 saturated heterocycles. The molecule has 3 rings (SSSR count). The lowest BCUT2D eigenvalue weighted by Crippen LogP contribution is -2.62. The molecule has 0 spiro atoms. The van der Waals surface area contributed by atoms with Crippen LogP contribution in [0, 0.1) is 5.92 Å². The molecule has 0 atom stereocenters. The van der Waals surface area contributed by atoms with Crippen molar-refractivity contribution in [2.24, 2.45) is 13.0 Å². The monoisotopic (exact) mass is 575 g/mol. The van der Waals surface area contributed by atoms with Gasteiger partial charge >= 0.3 is 11.7 Å². The van der Waals surface area contributed by atoms with Crippen LogP contribution in [0.3, 0.4) is 0 Å². The standard InChI is InChI=1S/C26H33N5O8S/c1-14(2)17-13-21-19(12-18(17)20-10-11-27-28(20)8)23(34)30(25(36)29(21)22(33)15(3)4)31(40(9,37)38)24(35)26(6,7)39-16(5)32/h10-15H,1-9H3. The summed E-state index contributed by atoms with van der Waals surface area (Å²) in [5, 5.41) is 3.99. The van der Waals surface area contributed by atoms with Crippen LogP contribution >= 0.6 is 0 Å². The Balaban J connectivity index is 2.61. The molecule has 2 heterocycles. The van der Waals surface area contributed by atoms with Crippen LogP contribution in [0.1, 0.15) is 64.7 Å². The Labute approximate surface area is 231 Å². The van der Waals surface area contributed by atoms with Crippen LogP contribution < -0.4 is 15.7 Å². The lowest BCUT2D eigenvalue weighted by molar-refractivity contribution is -0.161. The van der Waals surface area contributed by atoms with Crippen LogP contribution in [0.15, 0.2) is 34.0 Å². The fraction of sp³-hybridized carbons (Fsp3) is 0.462. The molecular formula is C26H33N5O8S. The van der Waals surface area contributed by atoms with E-state index < -0.39 is 50.6 Å². The van der Waals surface area contributed by atoms with Gasteiger partial charge in [-0.05, 0) is 43.5 Å². The van der Waals surface area contributed by atoms with Gasteiger partial charge in [0.2, 0.25) is 5.91 Å². The second-order valence-corrected chi connectivity index (χ2v) is 12.4. The lowest BCUT2D eigenvalue weighted by atomic mass is 9.93. The zero-order valence-electron chi connectivity index (χ0n) is 23.9. The smallest absolute Gasteiger partial charge is 0.358 e. The first-order valence-corrected chi connectivity index (χ1v) is 14.3. The molecule has 2 aromatic heterocycles. The fourth-order valence-electron chi connectivity index (χ4n) is 4.35. The summed E-state index contributed by atoms with van der Waals surface area (Å²) in [6.07, 6.45) is 2.18. The highest BCUT2D eigenvalue weighted by molar-refractivity contribution is 7.92. The molecular weight excluding hydrogens is 542 g/mol. The second kappa shape index (κ2) is 10.5. The highest BCUT2D eigenvalue weighted by Gasteiger charge is 2.42. The summed E-state index contributed by atoms with van der Waals surface area (Å²) in [7, 11) is -2.98. The number of carbonyl (C=O) groups excluding carboxylic acids is 3. The first-order chi connectivity index (χ1) is 18.3. The summed E-state index contributed by atoms with van der Waals surface area (Å²) in [4.78, 5) is 66.4. The van der Waals surface area contributed by atoms with Gasteiger partial charge in [-0.3, -0.25) is 23.9 Å². The second-order valence-electron chi connectivity index (χ2n) is 10.6. The third-order valence-corrected chi connectivity index (χ3v) is 7.18. The van der Waals surface area contributed by atoms with Crippen molar-refractivity contribution in [3.8, 4) is 11.3 Å². The summed E-state index contributed by atoms with van der Waals surface area (Å²) in [5.74, 6) is -3.88. The van der Waals surface area contributed by atoms with Gasteiger partial charge in [0.1, 0.15) is 0 Å². The van der Waals surface area contributed by atoms with Gasteiger partial charge in [-0.1, -0.05) is 27.7 Å². The van der Waals surface area contributed by atoms with Gasteiger partial charge in [0.05, 0.1) is 22.9 Å². The number of benzene rings is 1. The number of aryl methyl sites for hydroxylation is 1. The molecule has 0 bridgehead atoms. The van der Waals surface area contributed by atoms with Crippen molar-refractivity contribution < 1.29 is 27.5 Å². The molecule has 0 aliphatic heterocycles. The molecule has 1 amide bonds. The molecule has 13 nitrogen and oxygen atoms in total. The van der Waals surface area contributed by atoms with Crippen LogP contribution in [0.4, 0.5) is 0 Å². The normalized spacial score (nSPS) is 12.3. The number of rotatable bonds is 7. The van der Waals surface area contributed by atoms with Crippen LogP contribution in [-0.4, -0.2) is 57.1 Å². The van der Waals surface area contributed by atoms with E-state index in [1.165, 1.54) is 19.9 Å². The summed E-state index contributed by atoms with van der Waals surface area (Å²) in [6.45, 7) is 10.1. The number of aromatic nitrogens is 4. The molecule has 0 fully saturated rings. The Morgan fingerprint density at radius 2 is 1.68 bits per heavy atom. The number of amides is 1. The van der Waals surface area contributed by atoms with Crippen molar-refractivity contribution >= 4 is 38.7 Å². The molecule has 1 aromatic carbocycles. The number of esters is 1. The van der Waals surface area contributed by atoms with Crippen LogP contribution in [0.2, 0.25) is 0 Å². The topological polar surface area (TPSA) is 160 Å². The van der Waals surface area contributed by atoms with E-state index in [2.05, 4.69) is 5.10 Å². The Morgan fingerprint density at radius 1 is 1.07 bits per heavy atom. The molecule has 0 radical (unpaired) electrons. The molecule has 0 saturated carbocycles. The zero-order valence-corrected chi connectivity index (χ0v) is 24.7. The fourth-order valence-corrected chi connectivity index (χ4v) is 5.31. The number of nitrogens with zero attached hydrogens (tertiary/aromatic N) is 5. The summed E-state index contributed by atoms with van der Waals surface area (Å²) >= 11 is 0. The molecule has 3 aromatic rings. The van der Waals surface area contributed by atoms with Crippen molar-refractivity contribution in [2.75, 3.05) is 10.7 Å². The largest absolute Gasteiger partial charge is 0.450 e. The summed E-state index contributed by atoms with van der Waals surface area (Å²) in [6, 6.07) is 4.71. The Kier molecular flexibility index (Phi) is 7.99. The van der Waals surface area contributed by atoms with Crippen molar-refractivity contribution in [3.05, 3.63) is 50.8 Å². The minimum Gasteiger partial charge on any atom is -0.450 e. The van der Waals surface area contributed by atoms with E-state index in [0.29, 0.717) is 27.6 Å². The van der Waals surface area contributed by atoms with E-state index in [0.717, 1.165) is 20.8 Å². The molecule has 0 aliphatic carbocycles. The van der Waals surface area contributed by atoms with Crippen LogP contribution in [-0.2, 0) is 31.4 Å². The first kappa shape index (κ1) is 30.5. The molecule has 40 heavy (non-hydrogen) atoms. The number of ether oxygens (including phenoxy) is 1. The van der Waals surface area contributed by atoms with Crippen LogP contribution in [0.5, 0.6) is 0 Å². The maximum absolute atomic E-state index is 14.0. The molecule has 0 unspecified atom stereocenters. The van der Waals surface area contributed by atoms with E-state index in [1.54, 1.807) is 30.1 Å². The quantitative estimate of drug-likeness (QED) is 0.382. The van der Waals surface area contributed by atoms with Gasteiger partial charge in [0, 0.05) is 31.6 Å². The highest BCUT2D eigenvalue weighted by Crippen LogP contribution is 2.32. The number of carbonyl (C=O) groups is 3. The number of sulfonamides is 1. The predicted octanol–water partition coefficient (Wildman–Crippen LogP) is 1.75. The predicted molar refractivity (Wildman–Crippen MR) is 148 cm³/mol. The lowest BCUT2D eigenvalue weighted by Gasteiger charge is -2.30. The number of hydrogen-bond donors (Lipinski definition) is 0. The molecule has 216 valence electrons. The Bertz CT molecular complexity index is 1760. The summed E-state index contributed by atoms with van der Waals surface area (Å²) in [5.41, 5.74) is -2.78.